The summed E-state index contributed by atoms with van der Waals surface area (Å²) >= 11 is 1.76. The highest BCUT2D eigenvalue weighted by atomic mass is 32.2. The number of ether oxygens (including phenoxy) is 2. The second-order valence-corrected chi connectivity index (χ2v) is 6.51. The van der Waals surface area contributed by atoms with E-state index in [-0.39, 0.29) is 5.91 Å². The van der Waals surface area contributed by atoms with E-state index in [9.17, 15) is 4.79 Å². The molecule has 0 heterocycles. The zero-order chi connectivity index (χ0) is 17.7. The van der Waals surface area contributed by atoms with E-state index in [4.69, 9.17) is 9.47 Å². The summed E-state index contributed by atoms with van der Waals surface area (Å²) in [4.78, 5) is 13.2. The van der Waals surface area contributed by atoms with Gasteiger partial charge in [-0.15, -0.1) is 11.8 Å². The van der Waals surface area contributed by atoms with Gasteiger partial charge >= 0.3 is 0 Å². The fourth-order valence-corrected chi connectivity index (χ4v) is 2.91. The van der Waals surface area contributed by atoms with Gasteiger partial charge in [-0.25, -0.2) is 0 Å². The highest BCUT2D eigenvalue weighted by Gasteiger charge is 2.05. The summed E-state index contributed by atoms with van der Waals surface area (Å²) in [5.41, 5.74) is 0.641. The topological polar surface area (TPSA) is 47.6 Å². The molecule has 0 aliphatic heterocycles. The standard InChI is InChI=1S/C20H25NO3S/c1-2-23-14-6-13-21-20(22)17-9-11-18(12-10-17)24-15-16-25-19-7-4-3-5-8-19/h3-5,7-12H,2,6,13-16H2,1H3,(H,21,22). The summed E-state index contributed by atoms with van der Waals surface area (Å²) < 4.78 is 11.0. The summed E-state index contributed by atoms with van der Waals surface area (Å²) in [6, 6.07) is 17.5. The normalized spacial score (nSPS) is 10.4. The van der Waals surface area contributed by atoms with Crippen LogP contribution in [0.3, 0.4) is 0 Å². The number of amides is 1. The van der Waals surface area contributed by atoms with Crippen molar-refractivity contribution in [2.75, 3.05) is 32.1 Å². The molecule has 2 aromatic rings. The third kappa shape index (κ3) is 7.63. The lowest BCUT2D eigenvalue weighted by molar-refractivity contribution is 0.0944. The molecule has 0 fully saturated rings. The van der Waals surface area contributed by atoms with Gasteiger partial charge in [0.15, 0.2) is 0 Å². The van der Waals surface area contributed by atoms with Crippen LogP contribution >= 0.6 is 11.8 Å². The van der Waals surface area contributed by atoms with Gasteiger partial charge in [-0.2, -0.15) is 0 Å². The third-order valence-electron chi connectivity index (χ3n) is 3.44. The number of thioether (sulfide) groups is 1. The molecule has 0 bridgehead atoms. The molecule has 0 atom stereocenters. The van der Waals surface area contributed by atoms with Crippen LogP contribution in [-0.4, -0.2) is 38.0 Å². The first-order valence-electron chi connectivity index (χ1n) is 8.56. The third-order valence-corrected chi connectivity index (χ3v) is 4.41. The average Bonchev–Trinajstić information content (AvgIpc) is 2.66. The van der Waals surface area contributed by atoms with Crippen molar-refractivity contribution in [3.63, 3.8) is 0 Å². The van der Waals surface area contributed by atoms with E-state index in [1.54, 1.807) is 23.9 Å². The highest BCUT2D eigenvalue weighted by molar-refractivity contribution is 7.99. The molecule has 4 nitrogen and oxygen atoms in total. The van der Waals surface area contributed by atoms with Crippen LogP contribution in [0.1, 0.15) is 23.7 Å². The van der Waals surface area contributed by atoms with Gasteiger partial charge in [0.25, 0.3) is 5.91 Å². The van der Waals surface area contributed by atoms with Crippen LogP contribution in [0.15, 0.2) is 59.5 Å². The minimum Gasteiger partial charge on any atom is -0.493 e. The number of hydrogen-bond acceptors (Lipinski definition) is 4. The van der Waals surface area contributed by atoms with Gasteiger partial charge in [0.05, 0.1) is 6.61 Å². The van der Waals surface area contributed by atoms with E-state index in [0.717, 1.165) is 17.9 Å². The SMILES string of the molecule is CCOCCCNC(=O)c1ccc(OCCSc2ccccc2)cc1. The predicted molar refractivity (Wildman–Crippen MR) is 103 cm³/mol. The van der Waals surface area contributed by atoms with Crippen LogP contribution in [0.25, 0.3) is 0 Å². The van der Waals surface area contributed by atoms with Gasteiger partial charge in [0.2, 0.25) is 0 Å². The Kier molecular flexibility index (Phi) is 8.94. The molecule has 1 N–H and O–H groups in total. The van der Waals surface area contributed by atoms with Gasteiger partial charge in [0.1, 0.15) is 5.75 Å². The van der Waals surface area contributed by atoms with Crippen LogP contribution in [0.2, 0.25) is 0 Å². The molecule has 0 saturated heterocycles. The summed E-state index contributed by atoms with van der Waals surface area (Å²) in [5, 5.41) is 2.88. The Balaban J connectivity index is 1.66. The van der Waals surface area contributed by atoms with Crippen LogP contribution in [0.4, 0.5) is 0 Å². The van der Waals surface area contributed by atoms with Crippen molar-refractivity contribution in [1.82, 2.24) is 5.32 Å². The Morgan fingerprint density at radius 1 is 1.04 bits per heavy atom. The molecule has 2 rings (SSSR count). The maximum Gasteiger partial charge on any atom is 0.251 e. The van der Waals surface area contributed by atoms with E-state index in [2.05, 4.69) is 17.4 Å². The van der Waals surface area contributed by atoms with Gasteiger partial charge < -0.3 is 14.8 Å². The quantitative estimate of drug-likeness (QED) is 0.486. The lowest BCUT2D eigenvalue weighted by Crippen LogP contribution is -2.25. The van der Waals surface area contributed by atoms with Crippen molar-refractivity contribution in [2.45, 2.75) is 18.2 Å². The van der Waals surface area contributed by atoms with E-state index >= 15 is 0 Å². The molecule has 5 heteroatoms. The molecule has 2 aromatic carbocycles. The van der Waals surface area contributed by atoms with Gasteiger partial charge in [0, 0.05) is 36.0 Å². The van der Waals surface area contributed by atoms with Crippen molar-refractivity contribution in [2.24, 2.45) is 0 Å². The zero-order valence-corrected chi connectivity index (χ0v) is 15.4. The predicted octanol–water partition coefficient (Wildman–Crippen LogP) is 4.01. The van der Waals surface area contributed by atoms with Crippen LogP contribution in [0, 0.1) is 0 Å². The van der Waals surface area contributed by atoms with E-state index < -0.39 is 0 Å². The number of nitrogens with one attached hydrogen (secondary N) is 1. The summed E-state index contributed by atoms with van der Waals surface area (Å²) in [7, 11) is 0. The van der Waals surface area contributed by atoms with Crippen molar-refractivity contribution in [1.29, 1.82) is 0 Å². The number of benzene rings is 2. The van der Waals surface area contributed by atoms with Crippen molar-refractivity contribution >= 4 is 17.7 Å². The summed E-state index contributed by atoms with van der Waals surface area (Å²) in [6.07, 6.45) is 0.819. The molecule has 0 aliphatic carbocycles. The summed E-state index contributed by atoms with van der Waals surface area (Å²) in [6.45, 7) is 4.59. The van der Waals surface area contributed by atoms with Crippen molar-refractivity contribution in [3.05, 3.63) is 60.2 Å². The number of carbonyl (C=O) groups is 1. The molecule has 1 amide bonds. The van der Waals surface area contributed by atoms with Gasteiger partial charge in [-0.1, -0.05) is 18.2 Å². The van der Waals surface area contributed by atoms with Gasteiger partial charge in [-0.3, -0.25) is 4.79 Å². The molecule has 0 aromatic heterocycles. The van der Waals surface area contributed by atoms with E-state index in [0.29, 0.717) is 31.9 Å². The minimum atomic E-state index is -0.0670. The minimum absolute atomic E-state index is 0.0670. The molecule has 134 valence electrons. The fourth-order valence-electron chi connectivity index (χ4n) is 2.16. The Morgan fingerprint density at radius 2 is 1.80 bits per heavy atom. The zero-order valence-electron chi connectivity index (χ0n) is 14.6. The van der Waals surface area contributed by atoms with Crippen molar-refractivity contribution in [3.8, 4) is 5.75 Å². The first-order chi connectivity index (χ1) is 12.3. The maximum atomic E-state index is 12.0. The molecular weight excluding hydrogens is 334 g/mol. The van der Waals surface area contributed by atoms with E-state index in [1.165, 1.54) is 4.90 Å². The molecule has 0 aliphatic rings. The Bertz CT molecular complexity index is 617. The second kappa shape index (κ2) is 11.6. The molecule has 0 saturated carbocycles. The number of carbonyl (C=O) groups excluding carboxylic acids is 1. The molecular formula is C20H25NO3S. The number of rotatable bonds is 11. The maximum absolute atomic E-state index is 12.0. The van der Waals surface area contributed by atoms with Crippen molar-refractivity contribution < 1.29 is 14.3 Å². The molecule has 0 radical (unpaired) electrons. The largest absolute Gasteiger partial charge is 0.493 e. The monoisotopic (exact) mass is 359 g/mol. The molecule has 0 unspecified atom stereocenters. The smallest absolute Gasteiger partial charge is 0.251 e. The van der Waals surface area contributed by atoms with Crippen LogP contribution in [0.5, 0.6) is 5.75 Å². The highest BCUT2D eigenvalue weighted by Crippen LogP contribution is 2.18. The fraction of sp³-hybridized carbons (Fsp3) is 0.350. The number of hydrogen-bond donors (Lipinski definition) is 1. The van der Waals surface area contributed by atoms with Gasteiger partial charge in [-0.05, 0) is 49.7 Å². The molecule has 0 spiro atoms. The lowest BCUT2D eigenvalue weighted by Gasteiger charge is -2.08. The first kappa shape index (κ1) is 19.3. The van der Waals surface area contributed by atoms with Crippen LogP contribution < -0.4 is 10.1 Å². The molecule has 25 heavy (non-hydrogen) atoms. The Labute approximate surface area is 153 Å². The van der Waals surface area contributed by atoms with E-state index in [1.807, 2.05) is 37.3 Å². The Morgan fingerprint density at radius 3 is 2.52 bits per heavy atom. The average molecular weight is 359 g/mol. The first-order valence-corrected chi connectivity index (χ1v) is 9.55. The lowest BCUT2D eigenvalue weighted by atomic mass is 10.2. The summed E-state index contributed by atoms with van der Waals surface area (Å²) in [5.74, 6) is 1.59. The van der Waals surface area contributed by atoms with Crippen LogP contribution in [-0.2, 0) is 4.74 Å². The second-order valence-electron chi connectivity index (χ2n) is 5.34. The Hall–Kier alpha value is -1.98.